The van der Waals surface area contributed by atoms with Crippen molar-refractivity contribution in [2.45, 2.75) is 24.3 Å². The zero-order valence-corrected chi connectivity index (χ0v) is 19.1. The van der Waals surface area contributed by atoms with Crippen molar-refractivity contribution in [1.29, 1.82) is 0 Å². The number of nitrogens with one attached hydrogen (secondary N) is 2. The predicted molar refractivity (Wildman–Crippen MR) is 124 cm³/mol. The first-order valence-electron chi connectivity index (χ1n) is 9.57. The summed E-state index contributed by atoms with van der Waals surface area (Å²) in [5.74, 6) is 0.153. The van der Waals surface area contributed by atoms with Crippen molar-refractivity contribution in [3.8, 4) is 0 Å². The smallest absolute Gasteiger partial charge is 0.254 e. The largest absolute Gasteiger partial charge is 0.329 e. The highest BCUT2D eigenvalue weighted by molar-refractivity contribution is 7.98. The van der Waals surface area contributed by atoms with Crippen LogP contribution in [0.25, 0.3) is 0 Å². The van der Waals surface area contributed by atoms with Gasteiger partial charge in [-0.25, -0.2) is 4.98 Å². The number of H-pyrrole nitrogens is 1. The molecule has 3 aromatic rings. The van der Waals surface area contributed by atoms with Gasteiger partial charge in [0.1, 0.15) is 12.9 Å². The Bertz CT molecular complexity index is 1030. The standard InChI is InChI=1S/C21H21Cl2N5O2S/c1-2-9-28(11-19(29)26-18-10-16(22)7-8-17(18)23)20(30)15-5-3-14(4-6-15)12-31-21-24-13-25-27-21/h3-8,10,13H,2,9,11-12H2,1H3,(H,26,29)(H,24,25,27). The lowest BCUT2D eigenvalue weighted by Crippen LogP contribution is -2.38. The summed E-state index contributed by atoms with van der Waals surface area (Å²) in [6.07, 6.45) is 2.19. The molecule has 2 amide bonds. The molecular weight excluding hydrogens is 457 g/mol. The van der Waals surface area contributed by atoms with Gasteiger partial charge in [0, 0.05) is 22.9 Å². The molecule has 0 atom stereocenters. The Morgan fingerprint density at radius 3 is 2.61 bits per heavy atom. The average molecular weight is 478 g/mol. The quantitative estimate of drug-likeness (QED) is 0.427. The van der Waals surface area contributed by atoms with Crippen molar-refractivity contribution in [3.63, 3.8) is 0 Å². The van der Waals surface area contributed by atoms with Gasteiger partial charge in [0.25, 0.3) is 5.91 Å². The lowest BCUT2D eigenvalue weighted by atomic mass is 10.1. The van der Waals surface area contributed by atoms with Gasteiger partial charge in [-0.1, -0.05) is 54.0 Å². The maximum absolute atomic E-state index is 13.0. The molecule has 0 fully saturated rings. The number of carbonyl (C=O) groups excluding carboxylic acids is 2. The maximum Gasteiger partial charge on any atom is 0.254 e. The molecule has 0 saturated carbocycles. The van der Waals surface area contributed by atoms with E-state index in [1.807, 2.05) is 19.1 Å². The van der Waals surface area contributed by atoms with Gasteiger partial charge in [0.15, 0.2) is 5.16 Å². The van der Waals surface area contributed by atoms with Crippen LogP contribution in [0.5, 0.6) is 0 Å². The molecule has 7 nitrogen and oxygen atoms in total. The molecule has 0 aliphatic carbocycles. The molecule has 162 valence electrons. The minimum atomic E-state index is -0.342. The molecule has 0 radical (unpaired) electrons. The second kappa shape index (κ2) is 11.2. The van der Waals surface area contributed by atoms with Crippen molar-refractivity contribution in [2.24, 2.45) is 0 Å². The summed E-state index contributed by atoms with van der Waals surface area (Å²) >= 11 is 13.6. The van der Waals surface area contributed by atoms with Crippen LogP contribution in [0.15, 0.2) is 53.9 Å². The summed E-state index contributed by atoms with van der Waals surface area (Å²) < 4.78 is 0. The van der Waals surface area contributed by atoms with Crippen LogP contribution in [0.4, 0.5) is 5.69 Å². The molecule has 1 heterocycles. The highest BCUT2D eigenvalue weighted by Gasteiger charge is 2.19. The number of aromatic amines is 1. The van der Waals surface area contributed by atoms with E-state index in [1.165, 1.54) is 23.0 Å². The minimum Gasteiger partial charge on any atom is -0.329 e. The molecule has 0 aliphatic rings. The number of amides is 2. The maximum atomic E-state index is 13.0. The van der Waals surface area contributed by atoms with Crippen molar-refractivity contribution >= 4 is 52.5 Å². The Labute approximate surface area is 194 Å². The van der Waals surface area contributed by atoms with E-state index in [9.17, 15) is 9.59 Å². The van der Waals surface area contributed by atoms with Gasteiger partial charge in [0.05, 0.1) is 10.7 Å². The Morgan fingerprint density at radius 1 is 1.16 bits per heavy atom. The van der Waals surface area contributed by atoms with Crippen LogP contribution in [-0.4, -0.2) is 45.0 Å². The summed E-state index contributed by atoms with van der Waals surface area (Å²) in [6.45, 7) is 2.33. The SMILES string of the molecule is CCCN(CC(=O)Nc1cc(Cl)ccc1Cl)C(=O)c1ccc(CSc2ncn[nH]2)cc1. The number of carbonyl (C=O) groups is 2. The van der Waals surface area contributed by atoms with Crippen LogP contribution in [0.1, 0.15) is 29.3 Å². The van der Waals surface area contributed by atoms with Crippen molar-refractivity contribution in [1.82, 2.24) is 20.1 Å². The van der Waals surface area contributed by atoms with E-state index in [0.29, 0.717) is 33.6 Å². The van der Waals surface area contributed by atoms with Crippen LogP contribution < -0.4 is 5.32 Å². The van der Waals surface area contributed by atoms with Crippen molar-refractivity contribution in [3.05, 3.63) is 70.0 Å². The number of halogens is 2. The van der Waals surface area contributed by atoms with Crippen LogP contribution in [-0.2, 0) is 10.5 Å². The third-order valence-corrected chi connectivity index (χ3v) is 5.80. The molecular formula is C21H21Cl2N5O2S. The van der Waals surface area contributed by atoms with Gasteiger partial charge < -0.3 is 10.2 Å². The Balaban J connectivity index is 1.62. The molecule has 0 saturated heterocycles. The number of rotatable bonds is 9. The molecule has 3 rings (SSSR count). The van der Waals surface area contributed by atoms with E-state index in [-0.39, 0.29) is 18.4 Å². The number of nitrogens with zero attached hydrogens (tertiary/aromatic N) is 3. The number of hydrogen-bond acceptors (Lipinski definition) is 5. The summed E-state index contributed by atoms with van der Waals surface area (Å²) in [5.41, 5.74) is 1.99. The van der Waals surface area contributed by atoms with Crippen LogP contribution in [0.3, 0.4) is 0 Å². The molecule has 1 aromatic heterocycles. The third-order valence-electron chi connectivity index (χ3n) is 4.29. The van der Waals surface area contributed by atoms with Crippen molar-refractivity contribution in [2.75, 3.05) is 18.4 Å². The number of hydrogen-bond donors (Lipinski definition) is 2. The van der Waals surface area contributed by atoms with E-state index in [4.69, 9.17) is 23.2 Å². The molecule has 2 N–H and O–H groups in total. The number of aromatic nitrogens is 3. The second-order valence-corrected chi connectivity index (χ2v) is 8.48. The molecule has 0 aliphatic heterocycles. The van der Waals surface area contributed by atoms with Crippen LogP contribution >= 0.6 is 35.0 Å². The fourth-order valence-electron chi connectivity index (χ4n) is 2.82. The molecule has 0 spiro atoms. The fourth-order valence-corrected chi connectivity index (χ4v) is 3.89. The van der Waals surface area contributed by atoms with E-state index >= 15 is 0 Å². The van der Waals surface area contributed by atoms with E-state index < -0.39 is 0 Å². The lowest BCUT2D eigenvalue weighted by molar-refractivity contribution is -0.116. The van der Waals surface area contributed by atoms with Crippen molar-refractivity contribution < 1.29 is 9.59 Å². The lowest BCUT2D eigenvalue weighted by Gasteiger charge is -2.22. The highest BCUT2D eigenvalue weighted by atomic mass is 35.5. The molecule has 0 bridgehead atoms. The second-order valence-electron chi connectivity index (χ2n) is 6.68. The number of thioether (sulfide) groups is 1. The molecule has 31 heavy (non-hydrogen) atoms. The number of benzene rings is 2. The van der Waals surface area contributed by atoms with E-state index in [2.05, 4.69) is 20.5 Å². The van der Waals surface area contributed by atoms with Gasteiger partial charge >= 0.3 is 0 Å². The predicted octanol–water partition coefficient (Wildman–Crippen LogP) is 4.89. The zero-order valence-electron chi connectivity index (χ0n) is 16.8. The first kappa shape index (κ1) is 23.1. The molecule has 0 unspecified atom stereocenters. The first-order chi connectivity index (χ1) is 15.0. The molecule has 10 heteroatoms. The molecule has 2 aromatic carbocycles. The Morgan fingerprint density at radius 2 is 1.94 bits per heavy atom. The fraction of sp³-hybridized carbons (Fsp3) is 0.238. The summed E-state index contributed by atoms with van der Waals surface area (Å²) in [5, 5.41) is 10.9. The summed E-state index contributed by atoms with van der Waals surface area (Å²) in [6, 6.07) is 12.2. The van der Waals surface area contributed by atoms with Gasteiger partial charge in [-0.3, -0.25) is 14.7 Å². The van der Waals surface area contributed by atoms with Gasteiger partial charge in [0.2, 0.25) is 5.91 Å². The third kappa shape index (κ3) is 6.72. The average Bonchev–Trinajstić information content (AvgIpc) is 3.28. The van der Waals surface area contributed by atoms with Gasteiger partial charge in [-0.15, -0.1) is 0 Å². The zero-order chi connectivity index (χ0) is 22.2. The minimum absolute atomic E-state index is 0.0847. The summed E-state index contributed by atoms with van der Waals surface area (Å²) in [7, 11) is 0. The first-order valence-corrected chi connectivity index (χ1v) is 11.3. The number of anilines is 1. The van der Waals surface area contributed by atoms with Crippen LogP contribution in [0.2, 0.25) is 10.0 Å². The monoisotopic (exact) mass is 477 g/mol. The topological polar surface area (TPSA) is 91.0 Å². The Kier molecular flexibility index (Phi) is 8.34. The summed E-state index contributed by atoms with van der Waals surface area (Å²) in [4.78, 5) is 31.1. The van der Waals surface area contributed by atoms with Crippen LogP contribution in [0, 0.1) is 0 Å². The Hall–Kier alpha value is -2.55. The van der Waals surface area contributed by atoms with E-state index in [0.717, 1.165) is 17.1 Å². The highest BCUT2D eigenvalue weighted by Crippen LogP contribution is 2.25. The van der Waals surface area contributed by atoms with E-state index in [1.54, 1.807) is 30.3 Å². The van der Waals surface area contributed by atoms with Gasteiger partial charge in [-0.05, 0) is 42.3 Å². The normalized spacial score (nSPS) is 10.7. The van der Waals surface area contributed by atoms with Gasteiger partial charge in [-0.2, -0.15) is 5.10 Å².